The molecule has 0 aliphatic heterocycles. The molecule has 7 heteroatoms. The van der Waals surface area contributed by atoms with E-state index >= 15 is 0 Å². The van der Waals surface area contributed by atoms with Crippen LogP contribution in [0.3, 0.4) is 0 Å². The molecule has 2 rings (SSSR count). The van der Waals surface area contributed by atoms with Gasteiger partial charge in [0.15, 0.2) is 0 Å². The molecule has 0 saturated heterocycles. The average Bonchev–Trinajstić information content (AvgIpc) is 2.41. The predicted octanol–water partition coefficient (Wildman–Crippen LogP) is 4.75. The number of halogens is 3. The second kappa shape index (κ2) is 6.87. The Morgan fingerprint density at radius 3 is 2.52 bits per heavy atom. The first kappa shape index (κ1) is 16.4. The van der Waals surface area contributed by atoms with E-state index in [4.69, 9.17) is 29.6 Å². The third-order valence-electron chi connectivity index (χ3n) is 2.68. The van der Waals surface area contributed by atoms with E-state index < -0.39 is 0 Å². The van der Waals surface area contributed by atoms with E-state index in [-0.39, 0.29) is 10.9 Å². The predicted molar refractivity (Wildman–Crippen MR) is 97.1 cm³/mol. The van der Waals surface area contributed by atoms with Gasteiger partial charge in [-0.3, -0.25) is 4.79 Å². The third-order valence-corrected chi connectivity index (χ3v) is 4.62. The van der Waals surface area contributed by atoms with Crippen LogP contribution in [0.1, 0.15) is 15.9 Å². The zero-order valence-corrected chi connectivity index (χ0v) is 15.2. The Morgan fingerprint density at radius 1 is 1.19 bits per heavy atom. The molecular weight excluding hydrogens is 439 g/mol. The summed E-state index contributed by atoms with van der Waals surface area (Å²) in [6, 6.07) is 10.3. The van der Waals surface area contributed by atoms with Crippen LogP contribution in [-0.2, 0) is 0 Å². The van der Waals surface area contributed by atoms with Crippen molar-refractivity contribution in [2.45, 2.75) is 0 Å². The molecule has 0 fully saturated rings. The summed E-state index contributed by atoms with van der Waals surface area (Å²) in [6.45, 7) is 0. The van der Waals surface area contributed by atoms with Gasteiger partial charge in [0.2, 0.25) is 0 Å². The number of rotatable bonds is 3. The molecule has 0 atom stereocenters. The van der Waals surface area contributed by atoms with E-state index in [1.165, 1.54) is 0 Å². The molecule has 3 N–H and O–H groups in total. The Kier molecular flexibility index (Phi) is 5.37. The quantitative estimate of drug-likeness (QED) is 0.666. The highest BCUT2D eigenvalue weighted by Gasteiger charge is 2.12. The topological polar surface area (TPSA) is 55.1 Å². The third kappa shape index (κ3) is 4.03. The van der Waals surface area contributed by atoms with Gasteiger partial charge >= 0.3 is 0 Å². The van der Waals surface area contributed by atoms with Gasteiger partial charge in [-0.1, -0.05) is 39.7 Å². The van der Waals surface area contributed by atoms with Crippen LogP contribution in [0, 0.1) is 0 Å². The second-order valence-corrected chi connectivity index (χ2v) is 6.75. The van der Waals surface area contributed by atoms with Crippen molar-refractivity contribution in [2.24, 2.45) is 5.73 Å². The number of nitrogens with one attached hydrogen (secondary N) is 1. The number of carbonyl (C=O) groups excluding carboxylic acids is 1. The van der Waals surface area contributed by atoms with Crippen molar-refractivity contribution in [3.05, 3.63) is 61.5 Å². The molecule has 0 aromatic heterocycles. The molecule has 2 aromatic carbocycles. The SMILES string of the molecule is NC(=S)c1ccc(Br)cc1NC(=O)c1ccc(Br)c(Cl)c1. The number of carbonyl (C=O) groups is 1. The first-order chi connectivity index (χ1) is 9.88. The van der Waals surface area contributed by atoms with Gasteiger partial charge in [0.05, 0.1) is 10.7 Å². The molecule has 108 valence electrons. The summed E-state index contributed by atoms with van der Waals surface area (Å²) >= 11 is 17.6. The lowest BCUT2D eigenvalue weighted by Gasteiger charge is -2.11. The Bertz CT molecular complexity index is 737. The van der Waals surface area contributed by atoms with Crippen molar-refractivity contribution in [3.63, 3.8) is 0 Å². The molecule has 0 unspecified atom stereocenters. The van der Waals surface area contributed by atoms with Crippen LogP contribution in [-0.4, -0.2) is 10.9 Å². The smallest absolute Gasteiger partial charge is 0.255 e. The lowest BCUT2D eigenvalue weighted by atomic mass is 10.1. The molecule has 3 nitrogen and oxygen atoms in total. The first-order valence-electron chi connectivity index (χ1n) is 5.74. The molecule has 0 saturated carbocycles. The fraction of sp³-hybridized carbons (Fsp3) is 0. The van der Waals surface area contributed by atoms with E-state index in [0.717, 1.165) is 8.95 Å². The summed E-state index contributed by atoms with van der Waals surface area (Å²) in [5.74, 6) is -0.292. The minimum atomic E-state index is -0.292. The molecule has 0 aliphatic rings. The highest BCUT2D eigenvalue weighted by Crippen LogP contribution is 2.25. The summed E-state index contributed by atoms with van der Waals surface area (Å²) < 4.78 is 1.54. The van der Waals surface area contributed by atoms with Crippen molar-refractivity contribution >= 4 is 72.3 Å². The summed E-state index contributed by atoms with van der Waals surface area (Å²) in [6.07, 6.45) is 0. The molecule has 1 amide bonds. The van der Waals surface area contributed by atoms with Crippen molar-refractivity contribution in [1.82, 2.24) is 0 Å². The zero-order valence-electron chi connectivity index (χ0n) is 10.5. The van der Waals surface area contributed by atoms with Gasteiger partial charge in [-0.15, -0.1) is 0 Å². The van der Waals surface area contributed by atoms with Crippen LogP contribution in [0.25, 0.3) is 0 Å². The fourth-order valence-electron chi connectivity index (χ4n) is 1.67. The number of nitrogens with two attached hydrogens (primary N) is 1. The average molecular weight is 449 g/mol. The van der Waals surface area contributed by atoms with Gasteiger partial charge in [-0.05, 0) is 52.3 Å². The van der Waals surface area contributed by atoms with Crippen molar-refractivity contribution < 1.29 is 4.79 Å². The molecule has 21 heavy (non-hydrogen) atoms. The maximum Gasteiger partial charge on any atom is 0.255 e. The number of hydrogen-bond donors (Lipinski definition) is 2. The van der Waals surface area contributed by atoms with Crippen LogP contribution in [0.2, 0.25) is 5.02 Å². The number of amides is 1. The largest absolute Gasteiger partial charge is 0.389 e. The monoisotopic (exact) mass is 446 g/mol. The van der Waals surface area contributed by atoms with E-state index in [0.29, 0.717) is 21.8 Å². The van der Waals surface area contributed by atoms with E-state index in [1.54, 1.807) is 36.4 Å². The molecular formula is C14H9Br2ClN2OS. The Balaban J connectivity index is 2.33. The van der Waals surface area contributed by atoms with Gasteiger partial charge < -0.3 is 11.1 Å². The maximum atomic E-state index is 12.3. The number of hydrogen-bond acceptors (Lipinski definition) is 2. The van der Waals surface area contributed by atoms with Gasteiger partial charge in [0.1, 0.15) is 4.99 Å². The van der Waals surface area contributed by atoms with E-state index in [9.17, 15) is 4.79 Å². The molecule has 2 aromatic rings. The zero-order chi connectivity index (χ0) is 15.6. The van der Waals surface area contributed by atoms with Gasteiger partial charge in [0, 0.05) is 20.1 Å². The van der Waals surface area contributed by atoms with Gasteiger partial charge in [-0.25, -0.2) is 0 Å². The fourth-order valence-corrected chi connectivity index (χ4v) is 2.63. The lowest BCUT2D eigenvalue weighted by Crippen LogP contribution is -2.17. The number of anilines is 1. The molecule has 0 bridgehead atoms. The Labute approximate surface area is 149 Å². The van der Waals surface area contributed by atoms with Crippen molar-refractivity contribution in [2.75, 3.05) is 5.32 Å². The summed E-state index contributed by atoms with van der Waals surface area (Å²) in [4.78, 5) is 12.5. The van der Waals surface area contributed by atoms with Crippen LogP contribution in [0.5, 0.6) is 0 Å². The highest BCUT2D eigenvalue weighted by atomic mass is 79.9. The standard InChI is InChI=1S/C14H9Br2ClN2OS/c15-8-2-3-9(13(18)21)12(6-8)19-14(20)7-1-4-10(16)11(17)5-7/h1-6H,(H2,18,21)(H,19,20). The second-order valence-electron chi connectivity index (χ2n) is 4.14. The summed E-state index contributed by atoms with van der Waals surface area (Å²) in [5.41, 5.74) is 7.25. The maximum absolute atomic E-state index is 12.3. The minimum absolute atomic E-state index is 0.214. The van der Waals surface area contributed by atoms with Crippen LogP contribution >= 0.6 is 55.7 Å². The summed E-state index contributed by atoms with van der Waals surface area (Å²) in [5, 5.41) is 3.25. The minimum Gasteiger partial charge on any atom is -0.389 e. The number of benzene rings is 2. The molecule has 0 aliphatic carbocycles. The Morgan fingerprint density at radius 2 is 1.90 bits per heavy atom. The van der Waals surface area contributed by atoms with Gasteiger partial charge in [-0.2, -0.15) is 0 Å². The Hall–Kier alpha value is -0.950. The van der Waals surface area contributed by atoms with Crippen molar-refractivity contribution in [1.29, 1.82) is 0 Å². The number of thiocarbonyl (C=S) groups is 1. The van der Waals surface area contributed by atoms with Crippen LogP contribution in [0.4, 0.5) is 5.69 Å². The molecule has 0 radical (unpaired) electrons. The van der Waals surface area contributed by atoms with E-state index in [1.807, 2.05) is 0 Å². The molecule has 0 spiro atoms. The van der Waals surface area contributed by atoms with Crippen LogP contribution < -0.4 is 11.1 Å². The molecule has 0 heterocycles. The van der Waals surface area contributed by atoms with Crippen LogP contribution in [0.15, 0.2) is 45.3 Å². The normalized spacial score (nSPS) is 10.2. The van der Waals surface area contributed by atoms with Gasteiger partial charge in [0.25, 0.3) is 5.91 Å². The lowest BCUT2D eigenvalue weighted by molar-refractivity contribution is 0.102. The first-order valence-corrected chi connectivity index (χ1v) is 8.11. The van der Waals surface area contributed by atoms with E-state index in [2.05, 4.69) is 37.2 Å². The van der Waals surface area contributed by atoms with Crippen molar-refractivity contribution in [3.8, 4) is 0 Å². The summed E-state index contributed by atoms with van der Waals surface area (Å²) in [7, 11) is 0. The highest BCUT2D eigenvalue weighted by molar-refractivity contribution is 9.10.